The smallest absolute Gasteiger partial charge is 0.279 e. The van der Waals surface area contributed by atoms with Gasteiger partial charge in [-0.25, -0.2) is 0 Å². The lowest BCUT2D eigenvalue weighted by Gasteiger charge is -2.19. The van der Waals surface area contributed by atoms with E-state index >= 15 is 0 Å². The molecule has 1 aliphatic heterocycles. The molecule has 154 valence electrons. The maximum absolute atomic E-state index is 12.8. The van der Waals surface area contributed by atoms with Crippen molar-refractivity contribution < 1.29 is 19.2 Å². The summed E-state index contributed by atoms with van der Waals surface area (Å²) in [4.78, 5) is 14.0. The molecule has 3 aromatic carbocycles. The van der Waals surface area contributed by atoms with Crippen molar-refractivity contribution in [2.24, 2.45) is 0 Å². The molecule has 0 saturated carbocycles. The van der Waals surface area contributed by atoms with Crippen LogP contribution in [0.3, 0.4) is 0 Å². The number of anilines is 1. The number of nitrogens with one attached hydrogen (secondary N) is 2. The molecule has 1 aliphatic rings. The van der Waals surface area contributed by atoms with Gasteiger partial charge in [0.25, 0.3) is 5.91 Å². The van der Waals surface area contributed by atoms with Crippen molar-refractivity contribution in [2.75, 3.05) is 11.9 Å². The Morgan fingerprint density at radius 1 is 0.833 bits per heavy atom. The Morgan fingerprint density at radius 3 is 2.00 bits per heavy atom. The fourth-order valence-corrected chi connectivity index (χ4v) is 3.69. The first-order valence-electron chi connectivity index (χ1n) is 10.2. The largest absolute Gasteiger partial charge is 0.449 e. The van der Waals surface area contributed by atoms with E-state index in [1.54, 1.807) is 0 Å². The van der Waals surface area contributed by atoms with Gasteiger partial charge in [0, 0.05) is 36.7 Å². The van der Waals surface area contributed by atoms with E-state index in [1.165, 1.54) is 16.0 Å². The van der Waals surface area contributed by atoms with Crippen molar-refractivity contribution in [3.05, 3.63) is 90.0 Å². The molecule has 0 aromatic heterocycles. The summed E-state index contributed by atoms with van der Waals surface area (Å²) >= 11 is 0. The molecule has 3 aromatic rings. The second-order valence-electron chi connectivity index (χ2n) is 8.07. The van der Waals surface area contributed by atoms with Gasteiger partial charge in [0.1, 0.15) is 13.1 Å². The van der Waals surface area contributed by atoms with Crippen LogP contribution in [-0.4, -0.2) is 18.2 Å². The lowest BCUT2D eigenvalue weighted by atomic mass is 10.1. The van der Waals surface area contributed by atoms with Gasteiger partial charge in [-0.05, 0) is 12.1 Å². The number of quaternary nitrogens is 1. The van der Waals surface area contributed by atoms with Crippen LogP contribution in [0.4, 0.5) is 5.69 Å². The van der Waals surface area contributed by atoms with Gasteiger partial charge in [-0.3, -0.25) is 4.79 Å². The Labute approximate surface area is 177 Å². The molecule has 0 atom stereocenters. The first-order chi connectivity index (χ1) is 14.5. The molecule has 0 bridgehead atoms. The summed E-state index contributed by atoms with van der Waals surface area (Å²) in [6, 6.07) is 26.0. The van der Waals surface area contributed by atoms with Crippen LogP contribution < -0.4 is 19.7 Å². The summed E-state index contributed by atoms with van der Waals surface area (Å²) in [6.45, 7) is 5.64. The SMILES string of the molecule is CC1(C)Oc2ccc(NC(=O)C[NH+](Cc3ccccc3)Cc3ccccc3)cc2O1. The fourth-order valence-electron chi connectivity index (χ4n) is 3.69. The van der Waals surface area contributed by atoms with Gasteiger partial charge in [-0.15, -0.1) is 0 Å². The molecular formula is C25H27N2O3+. The van der Waals surface area contributed by atoms with Crippen LogP contribution in [0.25, 0.3) is 0 Å². The summed E-state index contributed by atoms with van der Waals surface area (Å²) in [5, 5.41) is 3.01. The van der Waals surface area contributed by atoms with Crippen LogP contribution in [0, 0.1) is 0 Å². The van der Waals surface area contributed by atoms with Crippen LogP contribution in [0.15, 0.2) is 78.9 Å². The minimum Gasteiger partial charge on any atom is -0.449 e. The fraction of sp³-hybridized carbons (Fsp3) is 0.240. The second kappa shape index (κ2) is 8.59. The van der Waals surface area contributed by atoms with Gasteiger partial charge in [0.2, 0.25) is 5.79 Å². The zero-order valence-electron chi connectivity index (χ0n) is 17.4. The van der Waals surface area contributed by atoms with Gasteiger partial charge < -0.3 is 19.7 Å². The van der Waals surface area contributed by atoms with Crippen LogP contribution in [-0.2, 0) is 17.9 Å². The van der Waals surface area contributed by atoms with E-state index in [4.69, 9.17) is 9.47 Å². The first-order valence-corrected chi connectivity index (χ1v) is 10.2. The molecule has 30 heavy (non-hydrogen) atoms. The molecule has 0 spiro atoms. The topological polar surface area (TPSA) is 52.0 Å². The third kappa shape index (κ3) is 5.19. The Morgan fingerprint density at radius 2 is 1.40 bits per heavy atom. The predicted molar refractivity (Wildman–Crippen MR) is 117 cm³/mol. The van der Waals surface area contributed by atoms with Crippen LogP contribution >= 0.6 is 0 Å². The van der Waals surface area contributed by atoms with Crippen molar-refractivity contribution in [1.29, 1.82) is 0 Å². The van der Waals surface area contributed by atoms with Crippen LogP contribution in [0.1, 0.15) is 25.0 Å². The third-order valence-corrected chi connectivity index (χ3v) is 4.94. The first kappa shape index (κ1) is 20.0. The van der Waals surface area contributed by atoms with Gasteiger partial charge in [-0.2, -0.15) is 0 Å². The van der Waals surface area contributed by atoms with Gasteiger partial charge >= 0.3 is 0 Å². The van der Waals surface area contributed by atoms with E-state index in [0.29, 0.717) is 23.7 Å². The van der Waals surface area contributed by atoms with Gasteiger partial charge in [0.05, 0.1) is 0 Å². The molecule has 0 saturated heterocycles. The number of hydrogen-bond donors (Lipinski definition) is 2. The Balaban J connectivity index is 1.44. The zero-order chi connectivity index (χ0) is 21.0. The quantitative estimate of drug-likeness (QED) is 0.636. The number of carbonyl (C=O) groups is 1. The number of ether oxygens (including phenoxy) is 2. The summed E-state index contributed by atoms with van der Waals surface area (Å²) in [5.41, 5.74) is 3.13. The summed E-state index contributed by atoms with van der Waals surface area (Å²) in [7, 11) is 0. The maximum Gasteiger partial charge on any atom is 0.279 e. The van der Waals surface area contributed by atoms with E-state index in [0.717, 1.165) is 13.1 Å². The average Bonchev–Trinajstić information content (AvgIpc) is 3.02. The molecule has 2 N–H and O–H groups in total. The zero-order valence-corrected chi connectivity index (χ0v) is 17.4. The van der Waals surface area contributed by atoms with E-state index in [2.05, 4.69) is 29.6 Å². The monoisotopic (exact) mass is 403 g/mol. The summed E-state index contributed by atoms with van der Waals surface area (Å²) in [5.74, 6) is 0.626. The number of rotatable bonds is 7. The molecule has 1 amide bonds. The van der Waals surface area contributed by atoms with E-state index < -0.39 is 5.79 Å². The highest BCUT2D eigenvalue weighted by Crippen LogP contribution is 2.40. The maximum atomic E-state index is 12.8. The van der Waals surface area contributed by atoms with Gasteiger partial charge in [-0.1, -0.05) is 60.7 Å². The van der Waals surface area contributed by atoms with Gasteiger partial charge in [0.15, 0.2) is 18.0 Å². The lowest BCUT2D eigenvalue weighted by molar-refractivity contribution is -0.919. The van der Waals surface area contributed by atoms with Crippen LogP contribution in [0.2, 0.25) is 0 Å². The van der Waals surface area contributed by atoms with Crippen molar-refractivity contribution >= 4 is 11.6 Å². The Bertz CT molecular complexity index is 962. The normalized spacial score (nSPS) is 14.0. The molecule has 5 heteroatoms. The molecule has 0 aliphatic carbocycles. The molecule has 0 unspecified atom stereocenters. The minimum absolute atomic E-state index is 0.0324. The number of carbonyl (C=O) groups excluding carboxylic acids is 1. The molecule has 0 fully saturated rings. The highest BCUT2D eigenvalue weighted by molar-refractivity contribution is 5.91. The standard InChI is InChI=1S/C25H26N2O3/c1-25(2)29-22-14-13-21(15-23(22)30-25)26-24(28)18-27(16-19-9-5-3-6-10-19)17-20-11-7-4-8-12-20/h3-15H,16-18H2,1-2H3,(H,26,28)/p+1. The second-order valence-corrected chi connectivity index (χ2v) is 8.07. The molecule has 0 radical (unpaired) electrons. The third-order valence-electron chi connectivity index (χ3n) is 4.94. The van der Waals surface area contributed by atoms with Crippen molar-refractivity contribution in [1.82, 2.24) is 0 Å². The number of fused-ring (bicyclic) bond motifs is 1. The van der Waals surface area contributed by atoms with Crippen LogP contribution in [0.5, 0.6) is 11.5 Å². The van der Waals surface area contributed by atoms with Crippen molar-refractivity contribution in [3.8, 4) is 11.5 Å². The molecule has 4 rings (SSSR count). The molecular weight excluding hydrogens is 376 g/mol. The highest BCUT2D eigenvalue weighted by atomic mass is 16.7. The Kier molecular flexibility index (Phi) is 5.72. The predicted octanol–water partition coefficient (Wildman–Crippen LogP) is 3.42. The van der Waals surface area contributed by atoms with Crippen molar-refractivity contribution in [2.45, 2.75) is 32.7 Å². The minimum atomic E-state index is -0.683. The number of hydrogen-bond acceptors (Lipinski definition) is 3. The average molecular weight is 404 g/mol. The highest BCUT2D eigenvalue weighted by Gasteiger charge is 2.31. The van der Waals surface area contributed by atoms with Crippen molar-refractivity contribution in [3.63, 3.8) is 0 Å². The van der Waals surface area contributed by atoms with E-state index in [9.17, 15) is 4.79 Å². The summed E-state index contributed by atoms with van der Waals surface area (Å²) in [6.07, 6.45) is 0. The summed E-state index contributed by atoms with van der Waals surface area (Å²) < 4.78 is 11.5. The molecule has 5 nitrogen and oxygen atoms in total. The lowest BCUT2D eigenvalue weighted by Crippen LogP contribution is -3.10. The molecule has 1 heterocycles. The van der Waals surface area contributed by atoms with E-state index in [-0.39, 0.29) is 5.91 Å². The number of benzene rings is 3. The number of amides is 1. The Hall–Kier alpha value is -3.31. The van der Waals surface area contributed by atoms with E-state index in [1.807, 2.05) is 68.4 Å².